The fourth-order valence-corrected chi connectivity index (χ4v) is 4.86. The Morgan fingerprint density at radius 1 is 1.19 bits per heavy atom. The molecule has 3 rings (SSSR count). The third-order valence-corrected chi connectivity index (χ3v) is 6.13. The van der Waals surface area contributed by atoms with Crippen molar-refractivity contribution in [1.82, 2.24) is 9.62 Å². The highest BCUT2D eigenvalue weighted by Gasteiger charge is 2.36. The summed E-state index contributed by atoms with van der Waals surface area (Å²) in [5.41, 5.74) is 2.25. The first-order valence-electron chi connectivity index (χ1n) is 9.97. The van der Waals surface area contributed by atoms with E-state index in [1.807, 2.05) is 24.3 Å². The van der Waals surface area contributed by atoms with Gasteiger partial charge in [0.2, 0.25) is 10.0 Å². The number of hydrogen-bond donors (Lipinski definition) is 1. The maximum atomic E-state index is 13.1. The molecule has 1 aliphatic rings. The average molecular weight is 453 g/mol. The van der Waals surface area contributed by atoms with Crippen molar-refractivity contribution in [3.8, 4) is 11.1 Å². The Balaban J connectivity index is 1.91. The monoisotopic (exact) mass is 452 g/mol. The second kappa shape index (κ2) is 9.74. The Morgan fingerprint density at radius 2 is 1.87 bits per heavy atom. The third-order valence-electron chi connectivity index (χ3n) is 5.40. The van der Waals surface area contributed by atoms with E-state index in [9.17, 15) is 22.0 Å². The first-order valence-corrected chi connectivity index (χ1v) is 11.9. The maximum absolute atomic E-state index is 13.1. The molecule has 1 fully saturated rings. The molecular weight excluding hydrogens is 426 g/mol. The van der Waals surface area contributed by atoms with Gasteiger partial charge < -0.3 is 9.64 Å². The molecular formula is C22H26F2N2O4S. The number of halogens is 2. The molecule has 1 saturated heterocycles. The maximum Gasteiger partial charge on any atom is 0.409 e. The van der Waals surface area contributed by atoms with Crippen LogP contribution in [-0.4, -0.2) is 51.4 Å². The van der Waals surface area contributed by atoms with Crippen LogP contribution in [0.25, 0.3) is 11.1 Å². The van der Waals surface area contributed by atoms with Gasteiger partial charge in [0.1, 0.15) is 0 Å². The normalized spacial score (nSPS) is 19.5. The van der Waals surface area contributed by atoms with Crippen LogP contribution in [0, 0.1) is 0 Å². The summed E-state index contributed by atoms with van der Waals surface area (Å²) >= 11 is 0. The number of rotatable bonds is 6. The van der Waals surface area contributed by atoms with Gasteiger partial charge in [-0.05, 0) is 42.0 Å². The van der Waals surface area contributed by atoms with Crippen LogP contribution in [0.5, 0.6) is 0 Å². The minimum Gasteiger partial charge on any atom is -0.453 e. The van der Waals surface area contributed by atoms with Crippen molar-refractivity contribution < 1.29 is 26.7 Å². The predicted molar refractivity (Wildman–Crippen MR) is 114 cm³/mol. The van der Waals surface area contributed by atoms with Crippen molar-refractivity contribution in [2.24, 2.45) is 0 Å². The Morgan fingerprint density at radius 3 is 2.52 bits per heavy atom. The van der Waals surface area contributed by atoms with Crippen LogP contribution < -0.4 is 4.72 Å². The van der Waals surface area contributed by atoms with Crippen LogP contribution >= 0.6 is 0 Å². The zero-order chi connectivity index (χ0) is 22.6. The van der Waals surface area contributed by atoms with Crippen molar-refractivity contribution in [3.05, 3.63) is 59.7 Å². The highest BCUT2D eigenvalue weighted by molar-refractivity contribution is 7.88. The van der Waals surface area contributed by atoms with Crippen molar-refractivity contribution >= 4 is 16.1 Å². The Hall–Kier alpha value is -2.52. The van der Waals surface area contributed by atoms with Crippen LogP contribution in [0.2, 0.25) is 0 Å². The highest BCUT2D eigenvalue weighted by atomic mass is 32.2. The topological polar surface area (TPSA) is 75.7 Å². The number of benzene rings is 2. The third kappa shape index (κ3) is 6.01. The molecule has 31 heavy (non-hydrogen) atoms. The molecule has 0 bridgehead atoms. The number of likely N-dealkylation sites (tertiary alicyclic amines) is 1. The van der Waals surface area contributed by atoms with Gasteiger partial charge in [0, 0.05) is 18.2 Å². The van der Waals surface area contributed by atoms with E-state index in [0.29, 0.717) is 31.4 Å². The van der Waals surface area contributed by atoms with Gasteiger partial charge in [0.25, 0.3) is 6.43 Å². The van der Waals surface area contributed by atoms with Gasteiger partial charge in [0.05, 0.1) is 19.4 Å². The molecule has 1 heterocycles. The number of amides is 1. The van der Waals surface area contributed by atoms with Gasteiger partial charge >= 0.3 is 6.09 Å². The number of carbonyl (C=O) groups is 1. The summed E-state index contributed by atoms with van der Waals surface area (Å²) in [6.45, 7) is 0.468. The molecule has 168 valence electrons. The fraction of sp³-hybridized carbons (Fsp3) is 0.409. The van der Waals surface area contributed by atoms with E-state index in [4.69, 9.17) is 4.74 Å². The van der Waals surface area contributed by atoms with Crippen LogP contribution in [-0.2, 0) is 21.2 Å². The molecule has 0 spiro atoms. The van der Waals surface area contributed by atoms with Crippen molar-refractivity contribution in [2.45, 2.75) is 37.8 Å². The van der Waals surface area contributed by atoms with Crippen molar-refractivity contribution in [2.75, 3.05) is 19.9 Å². The minimum absolute atomic E-state index is 0.0514. The number of alkyl halides is 2. The summed E-state index contributed by atoms with van der Waals surface area (Å²) in [6.07, 6.45) is -0.323. The molecule has 1 aliphatic heterocycles. The summed E-state index contributed by atoms with van der Waals surface area (Å²) < 4.78 is 57.4. The second-order valence-electron chi connectivity index (χ2n) is 7.70. The smallest absolute Gasteiger partial charge is 0.409 e. The van der Waals surface area contributed by atoms with E-state index in [1.165, 1.54) is 19.2 Å². The lowest BCUT2D eigenvalue weighted by Gasteiger charge is -2.40. The standard InChI is InChI=1S/C22H26F2N2O4S/c1-30-22(27)26-11-5-10-19(25-31(2,28)29)20(26)13-15-6-3-7-16(12-15)17-8-4-9-18(14-17)21(23)24/h3-4,6-9,12,14,19-21,25H,5,10-11,13H2,1-2H3/t19-,20-/m0/s1. The van der Waals surface area contributed by atoms with Crippen molar-refractivity contribution in [3.63, 3.8) is 0 Å². The van der Waals surface area contributed by atoms with Crippen LogP contribution in [0.1, 0.15) is 30.4 Å². The number of nitrogens with one attached hydrogen (secondary N) is 1. The summed E-state index contributed by atoms with van der Waals surface area (Å²) in [5, 5.41) is 0. The molecule has 0 radical (unpaired) electrons. The molecule has 9 heteroatoms. The van der Waals surface area contributed by atoms with E-state index in [-0.39, 0.29) is 5.56 Å². The molecule has 0 aromatic heterocycles. The van der Waals surface area contributed by atoms with Gasteiger partial charge in [-0.2, -0.15) is 0 Å². The largest absolute Gasteiger partial charge is 0.453 e. The fourth-order valence-electron chi connectivity index (χ4n) is 4.04. The first-order chi connectivity index (χ1) is 14.7. The molecule has 1 amide bonds. The highest BCUT2D eigenvalue weighted by Crippen LogP contribution is 2.28. The van der Waals surface area contributed by atoms with Gasteiger partial charge in [-0.1, -0.05) is 42.5 Å². The zero-order valence-corrected chi connectivity index (χ0v) is 18.2. The minimum atomic E-state index is -3.47. The van der Waals surface area contributed by atoms with Crippen LogP contribution in [0.4, 0.5) is 13.6 Å². The Bertz CT molecular complexity index is 1030. The molecule has 2 aromatic carbocycles. The quantitative estimate of drug-likeness (QED) is 0.719. The second-order valence-corrected chi connectivity index (χ2v) is 9.48. The van der Waals surface area contributed by atoms with Gasteiger partial charge in [-0.3, -0.25) is 0 Å². The lowest BCUT2D eigenvalue weighted by molar-refractivity contribution is 0.0792. The van der Waals surface area contributed by atoms with Crippen LogP contribution in [0.15, 0.2) is 48.5 Å². The predicted octanol–water partition coefficient (Wildman–Crippen LogP) is 3.98. The number of methoxy groups -OCH3 is 1. The molecule has 0 saturated carbocycles. The number of ether oxygens (including phenoxy) is 1. The Labute approximate surface area is 181 Å². The lowest BCUT2D eigenvalue weighted by Crippen LogP contribution is -2.57. The van der Waals surface area contributed by atoms with Gasteiger partial charge in [-0.25, -0.2) is 26.7 Å². The van der Waals surface area contributed by atoms with Crippen LogP contribution in [0.3, 0.4) is 0 Å². The summed E-state index contributed by atoms with van der Waals surface area (Å²) in [5.74, 6) is 0. The van der Waals surface area contributed by atoms with Gasteiger partial charge in [-0.15, -0.1) is 0 Å². The SMILES string of the molecule is COC(=O)N1CCC[C@H](NS(C)(=O)=O)[C@@H]1Cc1cccc(-c2cccc(C(F)F)c2)c1. The number of nitrogens with zero attached hydrogens (tertiary/aromatic N) is 1. The van der Waals surface area contributed by atoms with E-state index in [1.54, 1.807) is 17.0 Å². The van der Waals surface area contributed by atoms with E-state index in [2.05, 4.69) is 4.72 Å². The summed E-state index contributed by atoms with van der Waals surface area (Å²) in [7, 11) is -2.17. The molecule has 1 N–H and O–H groups in total. The van der Waals surface area contributed by atoms with E-state index >= 15 is 0 Å². The van der Waals surface area contributed by atoms with E-state index in [0.717, 1.165) is 17.4 Å². The number of hydrogen-bond acceptors (Lipinski definition) is 4. The molecule has 0 aliphatic carbocycles. The zero-order valence-electron chi connectivity index (χ0n) is 17.4. The molecule has 0 unspecified atom stereocenters. The summed E-state index contributed by atoms with van der Waals surface area (Å²) in [6, 6.07) is 12.7. The lowest BCUT2D eigenvalue weighted by atomic mass is 9.90. The van der Waals surface area contributed by atoms with E-state index < -0.39 is 34.6 Å². The number of sulfonamides is 1. The number of piperidine rings is 1. The molecule has 2 atom stereocenters. The molecule has 2 aromatic rings. The number of carbonyl (C=O) groups excluding carboxylic acids is 1. The first kappa shape index (κ1) is 23.1. The summed E-state index contributed by atoms with van der Waals surface area (Å²) in [4.78, 5) is 13.9. The van der Waals surface area contributed by atoms with Crippen molar-refractivity contribution in [1.29, 1.82) is 0 Å². The van der Waals surface area contributed by atoms with Gasteiger partial charge in [0.15, 0.2) is 0 Å². The molecule has 6 nitrogen and oxygen atoms in total. The Kier molecular flexibility index (Phi) is 7.27. The average Bonchev–Trinajstić information content (AvgIpc) is 2.73.